The van der Waals surface area contributed by atoms with Crippen LogP contribution in [-0.2, 0) is 11.2 Å². The van der Waals surface area contributed by atoms with Crippen molar-refractivity contribution in [2.75, 3.05) is 5.32 Å². The summed E-state index contributed by atoms with van der Waals surface area (Å²) in [4.78, 5) is 29.1. The van der Waals surface area contributed by atoms with Gasteiger partial charge in [0, 0.05) is 11.3 Å². The molecule has 3 N–H and O–H groups in total. The molecule has 0 unspecified atom stereocenters. The van der Waals surface area contributed by atoms with Crippen LogP contribution in [0, 0.1) is 6.92 Å². The summed E-state index contributed by atoms with van der Waals surface area (Å²) < 4.78 is 0. The van der Waals surface area contributed by atoms with E-state index in [9.17, 15) is 9.59 Å². The van der Waals surface area contributed by atoms with Gasteiger partial charge in [-0.05, 0) is 19.1 Å². The number of carboxylic acid groups (broad SMARTS) is 1. The van der Waals surface area contributed by atoms with Gasteiger partial charge in [0.05, 0.1) is 12.1 Å². The molecule has 0 radical (unpaired) electrons. The summed E-state index contributed by atoms with van der Waals surface area (Å²) in [5, 5.41) is 11.7. The van der Waals surface area contributed by atoms with Gasteiger partial charge in [0.15, 0.2) is 0 Å². The van der Waals surface area contributed by atoms with Gasteiger partial charge in [0.25, 0.3) is 5.56 Å². The van der Waals surface area contributed by atoms with E-state index < -0.39 is 11.5 Å². The van der Waals surface area contributed by atoms with Crippen LogP contribution in [0.2, 0.25) is 0 Å². The number of para-hydroxylation sites is 1. The van der Waals surface area contributed by atoms with Crippen LogP contribution in [0.15, 0.2) is 35.1 Å². The second kappa shape index (κ2) is 5.34. The van der Waals surface area contributed by atoms with E-state index in [1.807, 2.05) is 30.3 Å². The molecule has 0 atom stereocenters. The van der Waals surface area contributed by atoms with Crippen LogP contribution < -0.4 is 10.9 Å². The fourth-order valence-electron chi connectivity index (χ4n) is 1.69. The molecule has 0 aliphatic rings. The van der Waals surface area contributed by atoms with E-state index in [4.69, 9.17) is 5.11 Å². The predicted octanol–water partition coefficient (Wildman–Crippen LogP) is 1.45. The average molecular weight is 259 g/mol. The topological polar surface area (TPSA) is 95.1 Å². The van der Waals surface area contributed by atoms with E-state index in [-0.39, 0.29) is 12.0 Å². The van der Waals surface area contributed by atoms with Crippen molar-refractivity contribution in [3.63, 3.8) is 0 Å². The lowest BCUT2D eigenvalue weighted by Gasteiger charge is -2.07. The number of aromatic amines is 1. The standard InChI is InChI=1S/C13H13N3O3/c1-8-10(7-11(17)18)12(19)16-13(14-8)15-9-5-3-2-4-6-9/h2-6H,7H2,1H3,(H,17,18)(H2,14,15,16,19). The zero-order valence-corrected chi connectivity index (χ0v) is 10.3. The fourth-order valence-corrected chi connectivity index (χ4v) is 1.69. The molecule has 19 heavy (non-hydrogen) atoms. The van der Waals surface area contributed by atoms with Crippen molar-refractivity contribution in [3.05, 3.63) is 51.9 Å². The number of hydrogen-bond acceptors (Lipinski definition) is 4. The number of hydrogen-bond donors (Lipinski definition) is 3. The molecule has 0 aliphatic heterocycles. The van der Waals surface area contributed by atoms with E-state index in [1.54, 1.807) is 6.92 Å². The third-order valence-corrected chi connectivity index (χ3v) is 2.59. The van der Waals surface area contributed by atoms with E-state index in [2.05, 4.69) is 15.3 Å². The van der Waals surface area contributed by atoms with Gasteiger partial charge in [-0.15, -0.1) is 0 Å². The first-order chi connectivity index (χ1) is 9.06. The molecule has 0 saturated heterocycles. The number of aliphatic carboxylic acids is 1. The van der Waals surface area contributed by atoms with Crippen molar-refractivity contribution < 1.29 is 9.90 Å². The minimum atomic E-state index is -1.06. The first-order valence-corrected chi connectivity index (χ1v) is 5.70. The minimum Gasteiger partial charge on any atom is -0.481 e. The summed E-state index contributed by atoms with van der Waals surface area (Å²) in [7, 11) is 0. The molecule has 1 aromatic carbocycles. The lowest BCUT2D eigenvalue weighted by Crippen LogP contribution is -2.20. The Labute approximate surface area is 109 Å². The predicted molar refractivity (Wildman–Crippen MR) is 70.7 cm³/mol. The zero-order chi connectivity index (χ0) is 13.8. The molecule has 1 heterocycles. The zero-order valence-electron chi connectivity index (χ0n) is 10.3. The third kappa shape index (κ3) is 3.19. The number of nitrogens with zero attached hydrogens (tertiary/aromatic N) is 1. The first-order valence-electron chi connectivity index (χ1n) is 5.70. The molecule has 98 valence electrons. The smallest absolute Gasteiger partial charge is 0.308 e. The molecule has 0 bridgehead atoms. The van der Waals surface area contributed by atoms with Crippen LogP contribution in [0.4, 0.5) is 11.6 Å². The van der Waals surface area contributed by atoms with Crippen LogP contribution in [0.3, 0.4) is 0 Å². The Morgan fingerprint density at radius 3 is 2.63 bits per heavy atom. The van der Waals surface area contributed by atoms with Crippen molar-refractivity contribution in [2.45, 2.75) is 13.3 Å². The summed E-state index contributed by atoms with van der Waals surface area (Å²) in [6.07, 6.45) is -0.334. The second-order valence-corrected chi connectivity index (χ2v) is 4.04. The quantitative estimate of drug-likeness (QED) is 0.772. The summed E-state index contributed by atoms with van der Waals surface area (Å²) in [5.74, 6) is -0.762. The Morgan fingerprint density at radius 1 is 1.37 bits per heavy atom. The molecular weight excluding hydrogens is 246 g/mol. The van der Waals surface area contributed by atoms with E-state index in [0.717, 1.165) is 5.69 Å². The van der Waals surface area contributed by atoms with Crippen molar-refractivity contribution in [1.82, 2.24) is 9.97 Å². The molecule has 0 spiro atoms. The minimum absolute atomic E-state index is 0.172. The molecule has 0 fully saturated rings. The van der Waals surface area contributed by atoms with Gasteiger partial charge in [-0.25, -0.2) is 4.98 Å². The fraction of sp³-hybridized carbons (Fsp3) is 0.154. The molecule has 0 aliphatic carbocycles. The van der Waals surface area contributed by atoms with Gasteiger partial charge in [-0.2, -0.15) is 0 Å². The lowest BCUT2D eigenvalue weighted by atomic mass is 10.2. The van der Waals surface area contributed by atoms with Gasteiger partial charge in [-0.1, -0.05) is 18.2 Å². The van der Waals surface area contributed by atoms with Crippen molar-refractivity contribution in [3.8, 4) is 0 Å². The number of aryl methyl sites for hydroxylation is 1. The molecule has 1 aromatic heterocycles. The number of benzene rings is 1. The molecule has 0 saturated carbocycles. The van der Waals surface area contributed by atoms with Crippen LogP contribution in [0.5, 0.6) is 0 Å². The maximum atomic E-state index is 11.8. The van der Waals surface area contributed by atoms with Crippen molar-refractivity contribution >= 4 is 17.6 Å². The van der Waals surface area contributed by atoms with Crippen LogP contribution in [-0.4, -0.2) is 21.0 Å². The van der Waals surface area contributed by atoms with E-state index in [0.29, 0.717) is 11.6 Å². The largest absolute Gasteiger partial charge is 0.481 e. The molecule has 2 aromatic rings. The van der Waals surface area contributed by atoms with Crippen LogP contribution >= 0.6 is 0 Å². The third-order valence-electron chi connectivity index (χ3n) is 2.59. The van der Waals surface area contributed by atoms with E-state index in [1.165, 1.54) is 0 Å². The molecular formula is C13H13N3O3. The lowest BCUT2D eigenvalue weighted by molar-refractivity contribution is -0.136. The number of carbonyl (C=O) groups is 1. The number of anilines is 2. The Morgan fingerprint density at radius 2 is 2.05 bits per heavy atom. The van der Waals surface area contributed by atoms with Crippen LogP contribution in [0.1, 0.15) is 11.3 Å². The SMILES string of the molecule is Cc1nc(Nc2ccccc2)[nH]c(=O)c1CC(=O)O. The number of rotatable bonds is 4. The first kappa shape index (κ1) is 12.8. The molecule has 2 rings (SSSR count). The highest BCUT2D eigenvalue weighted by atomic mass is 16.4. The highest BCUT2D eigenvalue weighted by molar-refractivity contribution is 5.70. The number of aromatic nitrogens is 2. The summed E-state index contributed by atoms with van der Waals surface area (Å²) >= 11 is 0. The molecule has 6 heteroatoms. The molecule has 6 nitrogen and oxygen atoms in total. The van der Waals surface area contributed by atoms with Gasteiger partial charge >= 0.3 is 5.97 Å². The van der Waals surface area contributed by atoms with Gasteiger partial charge in [-0.3, -0.25) is 14.6 Å². The maximum absolute atomic E-state index is 11.8. The Bertz CT molecular complexity index is 650. The molecule has 0 amide bonds. The van der Waals surface area contributed by atoms with Gasteiger partial charge < -0.3 is 10.4 Å². The summed E-state index contributed by atoms with van der Waals surface area (Å²) in [5.41, 5.74) is 0.931. The average Bonchev–Trinajstić information content (AvgIpc) is 2.35. The summed E-state index contributed by atoms with van der Waals surface area (Å²) in [6, 6.07) is 9.25. The second-order valence-electron chi connectivity index (χ2n) is 4.04. The van der Waals surface area contributed by atoms with Crippen molar-refractivity contribution in [1.29, 1.82) is 0 Å². The number of H-pyrrole nitrogens is 1. The number of nitrogens with one attached hydrogen (secondary N) is 2. The van der Waals surface area contributed by atoms with E-state index >= 15 is 0 Å². The number of carboxylic acids is 1. The summed E-state index contributed by atoms with van der Waals surface area (Å²) in [6.45, 7) is 1.61. The monoisotopic (exact) mass is 259 g/mol. The normalized spacial score (nSPS) is 10.2. The maximum Gasteiger partial charge on any atom is 0.308 e. The Hall–Kier alpha value is -2.63. The van der Waals surface area contributed by atoms with Crippen LogP contribution in [0.25, 0.3) is 0 Å². The highest BCUT2D eigenvalue weighted by Crippen LogP contribution is 2.11. The van der Waals surface area contributed by atoms with Gasteiger partial charge in [0.1, 0.15) is 0 Å². The van der Waals surface area contributed by atoms with Gasteiger partial charge in [0.2, 0.25) is 5.95 Å². The highest BCUT2D eigenvalue weighted by Gasteiger charge is 2.11. The van der Waals surface area contributed by atoms with Crippen molar-refractivity contribution in [2.24, 2.45) is 0 Å². The Balaban J connectivity index is 2.30. The Kier molecular flexibility index (Phi) is 3.61.